The highest BCUT2D eigenvalue weighted by Crippen LogP contribution is 2.42. The normalized spacial score (nSPS) is 27.1. The van der Waals surface area contributed by atoms with Crippen LogP contribution in [0, 0.1) is 23.5 Å². The smallest absolute Gasteiger partial charge is 0.330 e. The number of anilines is 1. The van der Waals surface area contributed by atoms with Gasteiger partial charge in [0.05, 0.1) is 16.7 Å². The van der Waals surface area contributed by atoms with Gasteiger partial charge < -0.3 is 25.2 Å². The van der Waals surface area contributed by atoms with Crippen molar-refractivity contribution >= 4 is 40.1 Å². The Morgan fingerprint density at radius 3 is 2.31 bits per heavy atom. The molecule has 15 nitrogen and oxygen atoms in total. The number of ketones is 1. The van der Waals surface area contributed by atoms with E-state index in [1.54, 1.807) is 4.57 Å². The third kappa shape index (κ3) is 9.71. The number of aliphatic hydroxyl groups excluding tert-OH is 1. The second-order valence-electron chi connectivity index (χ2n) is 23.2. The van der Waals surface area contributed by atoms with E-state index in [9.17, 15) is 24.3 Å². The van der Waals surface area contributed by atoms with E-state index in [1.165, 1.54) is 12.1 Å². The molecule has 4 atom stereocenters. The molecule has 17 heteroatoms. The summed E-state index contributed by atoms with van der Waals surface area (Å²) in [6, 6.07) is 10.8. The molecule has 12 rings (SSSR count). The number of benzene rings is 2. The number of allylic oxidation sites excluding steroid dienone is 1. The Bertz CT molecular complexity index is 3050. The van der Waals surface area contributed by atoms with E-state index in [0.29, 0.717) is 57.3 Å². The molecule has 2 aliphatic carbocycles. The lowest BCUT2D eigenvalue weighted by atomic mass is 9.78. The van der Waals surface area contributed by atoms with Crippen LogP contribution in [0.15, 0.2) is 70.8 Å². The summed E-state index contributed by atoms with van der Waals surface area (Å²) < 4.78 is 37.5. The zero-order valence-electron chi connectivity index (χ0n) is 43.6. The van der Waals surface area contributed by atoms with Gasteiger partial charge >= 0.3 is 5.69 Å². The molecule has 4 aromatic rings. The number of Topliss-reactive ketones (excluding diaryl/α,β-unsaturated/α-hetero) is 1. The fourth-order valence-electron chi connectivity index (χ4n) is 13.7. The van der Waals surface area contributed by atoms with E-state index in [2.05, 4.69) is 80.4 Å². The molecule has 2 amide bonds. The van der Waals surface area contributed by atoms with Crippen LogP contribution in [0.2, 0.25) is 0 Å². The lowest BCUT2D eigenvalue weighted by Crippen LogP contribution is -2.52. The van der Waals surface area contributed by atoms with Gasteiger partial charge in [-0.05, 0) is 157 Å². The van der Waals surface area contributed by atoms with Crippen molar-refractivity contribution < 1.29 is 28.3 Å². The van der Waals surface area contributed by atoms with Gasteiger partial charge in [-0.25, -0.2) is 13.6 Å². The van der Waals surface area contributed by atoms with Gasteiger partial charge in [-0.1, -0.05) is 6.07 Å². The van der Waals surface area contributed by atoms with Crippen LogP contribution in [0.5, 0.6) is 0 Å². The number of amides is 2. The lowest BCUT2D eigenvalue weighted by molar-refractivity contribution is -0.135. The highest BCUT2D eigenvalue weighted by molar-refractivity contribution is 6.00. The van der Waals surface area contributed by atoms with E-state index in [4.69, 9.17) is 0 Å². The van der Waals surface area contributed by atoms with E-state index in [1.807, 2.05) is 27.8 Å². The third-order valence-corrected chi connectivity index (χ3v) is 18.1. The number of nitrogens with zero attached hydrogens (tertiary/aromatic N) is 7. The number of piperazine rings is 1. The Morgan fingerprint density at radius 1 is 0.813 bits per heavy atom. The second kappa shape index (κ2) is 20.2. The summed E-state index contributed by atoms with van der Waals surface area (Å²) in [6.45, 7) is 11.9. The van der Waals surface area contributed by atoms with Gasteiger partial charge in [0, 0.05) is 124 Å². The van der Waals surface area contributed by atoms with Gasteiger partial charge in [0.1, 0.15) is 23.5 Å². The molecule has 3 saturated heterocycles. The number of aliphatic hydroxyl groups is 1. The van der Waals surface area contributed by atoms with Crippen molar-refractivity contribution in [1.29, 1.82) is 0 Å². The zero-order chi connectivity index (χ0) is 51.8. The summed E-state index contributed by atoms with van der Waals surface area (Å²) in [5.41, 5.74) is 7.97. The molecule has 4 N–H and O–H groups in total. The maximum absolute atomic E-state index is 15.9. The summed E-state index contributed by atoms with van der Waals surface area (Å²) in [6.07, 6.45) is 14.2. The molecule has 398 valence electrons. The van der Waals surface area contributed by atoms with Crippen molar-refractivity contribution in [3.63, 3.8) is 0 Å². The maximum Gasteiger partial charge on any atom is 0.330 e. The summed E-state index contributed by atoms with van der Waals surface area (Å²) in [4.78, 5) is 61.4. The summed E-state index contributed by atoms with van der Waals surface area (Å²) in [5.74, 6) is -0.630. The molecule has 0 bridgehead atoms. The van der Waals surface area contributed by atoms with Crippen LogP contribution in [0.1, 0.15) is 142 Å². The quantitative estimate of drug-likeness (QED) is 0.0793. The molecule has 6 aliphatic heterocycles. The number of carbonyl (C=O) groups is 3. The number of carbonyl (C=O) groups excluding carboxylic acids is 3. The van der Waals surface area contributed by atoms with Crippen molar-refractivity contribution in [1.82, 2.24) is 43.9 Å². The molecule has 2 saturated carbocycles. The number of fused-ring (bicyclic) bond motifs is 2. The predicted molar refractivity (Wildman–Crippen MR) is 283 cm³/mol. The standard InChI is InChI=1S/C58H72F2N10O5/c1-34-24-50(68-21-17-47-43(57(68)74)14-18-61-47)44-29-42(64(3)55(44)62-34)33-65-19-15-39(16-20-65)54-45(59)27-40(28-46(54)60)52(71)26-36-4-6-37(7-5-36)32-67-23-22-66(30-35(67)2)31-38-8-11-48-51(25-38)69(41-9-10-41)58(75)70(48)49-12-13-53(72)63-56(49)73/h8,11,17,21,24-25,27-29,34-37,39,41,49,57,61-62,74H,4-7,9-10,12-16,18-20,22-23,26,30-33H2,1-3H3,(H,63,72,73). The summed E-state index contributed by atoms with van der Waals surface area (Å²) >= 11 is 0. The van der Waals surface area contributed by atoms with Crippen molar-refractivity contribution in [2.75, 3.05) is 51.1 Å². The summed E-state index contributed by atoms with van der Waals surface area (Å²) in [7, 11) is 2.06. The maximum atomic E-state index is 15.9. The van der Waals surface area contributed by atoms with Crippen molar-refractivity contribution in [2.45, 2.75) is 140 Å². The molecule has 2 aromatic carbocycles. The van der Waals surface area contributed by atoms with Crippen LogP contribution in [0.25, 0.3) is 16.7 Å². The molecule has 4 unspecified atom stereocenters. The number of hydrogen-bond acceptors (Lipinski definition) is 11. The number of piperidine rings is 2. The van der Waals surface area contributed by atoms with E-state index >= 15 is 8.78 Å². The van der Waals surface area contributed by atoms with E-state index < -0.39 is 29.8 Å². The van der Waals surface area contributed by atoms with Gasteiger partial charge in [-0.2, -0.15) is 0 Å². The number of rotatable bonds is 13. The number of hydrogen-bond donors (Lipinski definition) is 4. The molecule has 8 aliphatic rings. The third-order valence-electron chi connectivity index (χ3n) is 18.1. The Balaban J connectivity index is 0.602. The largest absolute Gasteiger partial charge is 0.385 e. The number of likely N-dealkylation sites (tertiary alicyclic amines) is 1. The fourth-order valence-corrected chi connectivity index (χ4v) is 13.7. The number of nitrogens with one attached hydrogen (secondary N) is 3. The minimum Gasteiger partial charge on any atom is -0.385 e. The first-order chi connectivity index (χ1) is 36.2. The molecule has 0 radical (unpaired) electrons. The Labute approximate surface area is 437 Å². The van der Waals surface area contributed by atoms with Crippen LogP contribution in [-0.2, 0) is 29.7 Å². The average Bonchev–Trinajstić information content (AvgIpc) is 3.93. The number of imide groups is 1. The van der Waals surface area contributed by atoms with Crippen molar-refractivity contribution in [3.05, 3.63) is 116 Å². The minimum atomic E-state index is -0.723. The Kier molecular flexibility index (Phi) is 13.5. The van der Waals surface area contributed by atoms with Crippen LogP contribution in [-0.4, -0.2) is 120 Å². The fraction of sp³-hybridized carbons (Fsp3) is 0.552. The molecule has 5 fully saturated rings. The van der Waals surface area contributed by atoms with Crippen LogP contribution < -0.4 is 21.6 Å². The first-order valence-electron chi connectivity index (χ1n) is 27.8. The molecule has 0 spiro atoms. The van der Waals surface area contributed by atoms with Crippen molar-refractivity contribution in [2.24, 2.45) is 18.9 Å². The molecule has 75 heavy (non-hydrogen) atoms. The molecule has 8 heterocycles. The Morgan fingerprint density at radius 2 is 1.57 bits per heavy atom. The highest BCUT2D eigenvalue weighted by Gasteiger charge is 2.38. The molecular formula is C58H72F2N10O5. The number of aromatic nitrogens is 3. The minimum absolute atomic E-state index is 0.0710. The Hall–Kier alpha value is -5.88. The first kappa shape index (κ1) is 50.0. The second-order valence-corrected chi connectivity index (χ2v) is 23.2. The van der Waals surface area contributed by atoms with Gasteiger partial charge in [-0.3, -0.25) is 43.5 Å². The highest BCUT2D eigenvalue weighted by atomic mass is 19.1. The zero-order valence-corrected chi connectivity index (χ0v) is 43.6. The van der Waals surface area contributed by atoms with Crippen molar-refractivity contribution in [3.8, 4) is 0 Å². The van der Waals surface area contributed by atoms with Crippen LogP contribution in [0.3, 0.4) is 0 Å². The predicted octanol–water partition coefficient (Wildman–Crippen LogP) is 7.25. The van der Waals surface area contributed by atoms with E-state index in [-0.39, 0.29) is 58.8 Å². The number of imidazole rings is 1. The molecule has 2 aromatic heterocycles. The topological polar surface area (TPSA) is 152 Å². The summed E-state index contributed by atoms with van der Waals surface area (Å²) in [5, 5.41) is 20.8. The van der Waals surface area contributed by atoms with Crippen LogP contribution in [0.4, 0.5) is 14.6 Å². The van der Waals surface area contributed by atoms with Gasteiger partial charge in [-0.15, -0.1) is 0 Å². The number of halogens is 2. The van der Waals surface area contributed by atoms with Crippen LogP contribution >= 0.6 is 0 Å². The SMILES string of the molecule is CC1C=C(N2C=CC3=C(CCN3)C2O)c2cc(CN3CCC(c4c(F)cc(C(=O)CC5CCC(CN6CCN(Cc7ccc8c(c7)n(C7CC7)c(=O)n8C7CCC(=O)NC7=O)CC6C)CC5)cc4F)CC3)n(C)c2N1. The first-order valence-corrected chi connectivity index (χ1v) is 27.8. The lowest BCUT2D eigenvalue weighted by Gasteiger charge is -2.42. The van der Waals surface area contributed by atoms with Gasteiger partial charge in [0.25, 0.3) is 0 Å². The van der Waals surface area contributed by atoms with Gasteiger partial charge in [0.2, 0.25) is 11.8 Å². The monoisotopic (exact) mass is 1030 g/mol. The van der Waals surface area contributed by atoms with E-state index in [0.717, 1.165) is 135 Å². The van der Waals surface area contributed by atoms with Gasteiger partial charge in [0.15, 0.2) is 12.0 Å². The average molecular weight is 1030 g/mol. The molecular weight excluding hydrogens is 955 g/mol.